The van der Waals surface area contributed by atoms with Crippen LogP contribution in [0, 0.1) is 0 Å². The predicted molar refractivity (Wildman–Crippen MR) is 80.9 cm³/mol. The average molecular weight is 307 g/mol. The molecule has 0 radical (unpaired) electrons. The molecule has 2 aromatic carbocycles. The molecule has 0 N–H and O–H groups in total. The van der Waals surface area contributed by atoms with Crippen LogP contribution in [0.5, 0.6) is 5.75 Å². The van der Waals surface area contributed by atoms with Crippen molar-refractivity contribution in [1.82, 2.24) is 0 Å². The maximum Gasteiger partial charge on any atom is 0.416 e. The fourth-order valence-electron chi connectivity index (χ4n) is 1.82. The molecule has 22 heavy (non-hydrogen) atoms. The van der Waals surface area contributed by atoms with Gasteiger partial charge in [0.2, 0.25) is 0 Å². The van der Waals surface area contributed by atoms with Crippen molar-refractivity contribution in [3.63, 3.8) is 0 Å². The van der Waals surface area contributed by atoms with Crippen LogP contribution in [0.25, 0.3) is 0 Å². The third kappa shape index (κ3) is 4.62. The second-order valence-corrected chi connectivity index (χ2v) is 5.04. The summed E-state index contributed by atoms with van der Waals surface area (Å²) in [5.74, 6) is 0.706. The highest BCUT2D eigenvalue weighted by Crippen LogP contribution is 2.29. The first-order valence-corrected chi connectivity index (χ1v) is 6.82. The number of halogens is 3. The first-order valence-electron chi connectivity index (χ1n) is 6.82. The van der Waals surface area contributed by atoms with Crippen LogP contribution in [0.3, 0.4) is 0 Å². The molecule has 0 bridgehead atoms. The average Bonchev–Trinajstić information content (AvgIpc) is 2.44. The topological polar surface area (TPSA) is 21.6 Å². The summed E-state index contributed by atoms with van der Waals surface area (Å²) in [4.78, 5) is 4.25. The summed E-state index contributed by atoms with van der Waals surface area (Å²) in [6.07, 6.45) is -2.73. The van der Waals surface area contributed by atoms with Crippen molar-refractivity contribution in [2.75, 3.05) is 0 Å². The standard InChI is InChI=1S/C17H16F3NO/c1-12(2)22-16-5-3-4-15(10-16)21-11-13-6-8-14(9-7-13)17(18,19)20/h3-12H,1-2H3. The van der Waals surface area contributed by atoms with Gasteiger partial charge in [-0.1, -0.05) is 18.2 Å². The molecule has 0 aliphatic heterocycles. The molecule has 0 spiro atoms. The van der Waals surface area contributed by atoms with E-state index in [1.165, 1.54) is 18.3 Å². The smallest absolute Gasteiger partial charge is 0.416 e. The second kappa shape index (κ2) is 6.64. The molecule has 0 unspecified atom stereocenters. The van der Waals surface area contributed by atoms with E-state index in [1.54, 1.807) is 12.1 Å². The molecule has 2 rings (SSSR count). The van der Waals surface area contributed by atoms with Crippen molar-refractivity contribution in [2.24, 2.45) is 4.99 Å². The summed E-state index contributed by atoms with van der Waals surface area (Å²) in [6, 6.07) is 12.1. The van der Waals surface area contributed by atoms with E-state index < -0.39 is 11.7 Å². The lowest BCUT2D eigenvalue weighted by molar-refractivity contribution is -0.137. The highest BCUT2D eigenvalue weighted by atomic mass is 19.4. The summed E-state index contributed by atoms with van der Waals surface area (Å²) in [5, 5.41) is 0. The fraction of sp³-hybridized carbons (Fsp3) is 0.235. The van der Waals surface area contributed by atoms with Crippen molar-refractivity contribution in [1.29, 1.82) is 0 Å². The van der Waals surface area contributed by atoms with Gasteiger partial charge in [-0.2, -0.15) is 13.2 Å². The Morgan fingerprint density at radius 1 is 1.05 bits per heavy atom. The number of benzene rings is 2. The molecular formula is C17H16F3NO. The summed E-state index contributed by atoms with van der Waals surface area (Å²) >= 11 is 0. The number of aliphatic imine (C=N–C) groups is 1. The number of ether oxygens (including phenoxy) is 1. The summed E-state index contributed by atoms with van der Waals surface area (Å²) in [5.41, 5.74) is 0.609. The molecular weight excluding hydrogens is 291 g/mol. The van der Waals surface area contributed by atoms with E-state index >= 15 is 0 Å². The maximum absolute atomic E-state index is 12.5. The third-order valence-corrected chi connectivity index (χ3v) is 2.79. The van der Waals surface area contributed by atoms with E-state index in [0.29, 0.717) is 17.0 Å². The van der Waals surface area contributed by atoms with Crippen molar-refractivity contribution >= 4 is 11.9 Å². The molecule has 0 fully saturated rings. The molecule has 116 valence electrons. The summed E-state index contributed by atoms with van der Waals surface area (Å²) in [6.45, 7) is 3.86. The van der Waals surface area contributed by atoms with Crippen LogP contribution in [-0.2, 0) is 6.18 Å². The molecule has 0 amide bonds. The largest absolute Gasteiger partial charge is 0.491 e. The van der Waals surface area contributed by atoms with E-state index in [4.69, 9.17) is 4.74 Å². The van der Waals surface area contributed by atoms with E-state index in [-0.39, 0.29) is 6.10 Å². The maximum atomic E-state index is 12.5. The molecule has 0 saturated heterocycles. The van der Waals surface area contributed by atoms with Crippen LogP contribution in [0.4, 0.5) is 18.9 Å². The van der Waals surface area contributed by atoms with Crippen LogP contribution in [-0.4, -0.2) is 12.3 Å². The highest BCUT2D eigenvalue weighted by molar-refractivity contribution is 5.82. The molecule has 0 saturated carbocycles. The van der Waals surface area contributed by atoms with E-state index in [2.05, 4.69) is 4.99 Å². The number of alkyl halides is 3. The van der Waals surface area contributed by atoms with E-state index in [9.17, 15) is 13.2 Å². The lowest BCUT2D eigenvalue weighted by atomic mass is 10.1. The predicted octanol–water partition coefficient (Wildman–Crippen LogP) is 5.24. The molecule has 2 aromatic rings. The van der Waals surface area contributed by atoms with Gasteiger partial charge in [0.25, 0.3) is 0 Å². The Kier molecular flexibility index (Phi) is 4.85. The third-order valence-electron chi connectivity index (χ3n) is 2.79. The number of hydrogen-bond acceptors (Lipinski definition) is 2. The normalized spacial score (nSPS) is 12.1. The SMILES string of the molecule is CC(C)Oc1cccc(N=Cc2ccc(C(F)(F)F)cc2)c1. The van der Waals surface area contributed by atoms with Gasteiger partial charge >= 0.3 is 6.18 Å². The zero-order valence-corrected chi connectivity index (χ0v) is 12.3. The Morgan fingerprint density at radius 2 is 1.73 bits per heavy atom. The highest BCUT2D eigenvalue weighted by Gasteiger charge is 2.29. The van der Waals surface area contributed by atoms with Gasteiger partial charge in [-0.05, 0) is 43.7 Å². The van der Waals surface area contributed by atoms with Gasteiger partial charge in [0.05, 0.1) is 17.4 Å². The quantitative estimate of drug-likeness (QED) is 0.708. The monoisotopic (exact) mass is 307 g/mol. The fourth-order valence-corrected chi connectivity index (χ4v) is 1.82. The van der Waals surface area contributed by atoms with Gasteiger partial charge in [0.15, 0.2) is 0 Å². The number of hydrogen-bond donors (Lipinski definition) is 0. The minimum absolute atomic E-state index is 0.0640. The Labute approximate surface area is 127 Å². The van der Waals surface area contributed by atoms with Gasteiger partial charge in [-0.3, -0.25) is 4.99 Å². The molecule has 0 atom stereocenters. The minimum atomic E-state index is -4.32. The Bertz CT molecular complexity index is 646. The van der Waals surface area contributed by atoms with Crippen LogP contribution >= 0.6 is 0 Å². The number of nitrogens with zero attached hydrogens (tertiary/aromatic N) is 1. The first-order chi connectivity index (χ1) is 10.3. The lowest BCUT2D eigenvalue weighted by Gasteiger charge is -2.09. The van der Waals surface area contributed by atoms with Crippen molar-refractivity contribution in [3.05, 3.63) is 59.7 Å². The van der Waals surface area contributed by atoms with Gasteiger partial charge < -0.3 is 4.74 Å². The van der Waals surface area contributed by atoms with Gasteiger partial charge in [0.1, 0.15) is 5.75 Å². The van der Waals surface area contributed by atoms with Crippen molar-refractivity contribution in [3.8, 4) is 5.75 Å². The number of rotatable bonds is 4. The van der Waals surface area contributed by atoms with Crippen molar-refractivity contribution < 1.29 is 17.9 Å². The lowest BCUT2D eigenvalue weighted by Crippen LogP contribution is -2.05. The van der Waals surface area contributed by atoms with Crippen molar-refractivity contribution in [2.45, 2.75) is 26.1 Å². The van der Waals surface area contributed by atoms with Crippen LogP contribution in [0.15, 0.2) is 53.5 Å². The molecule has 0 aliphatic carbocycles. The Hall–Kier alpha value is -2.30. The van der Waals surface area contributed by atoms with E-state index in [0.717, 1.165) is 12.1 Å². The molecule has 0 aromatic heterocycles. The Balaban J connectivity index is 2.11. The summed E-state index contributed by atoms with van der Waals surface area (Å²) < 4.78 is 43.0. The minimum Gasteiger partial charge on any atom is -0.491 e. The summed E-state index contributed by atoms with van der Waals surface area (Å²) in [7, 11) is 0. The second-order valence-electron chi connectivity index (χ2n) is 5.04. The van der Waals surface area contributed by atoms with Crippen LogP contribution in [0.1, 0.15) is 25.0 Å². The first kappa shape index (κ1) is 16.1. The molecule has 0 heterocycles. The van der Waals surface area contributed by atoms with Gasteiger partial charge in [0, 0.05) is 12.3 Å². The zero-order valence-electron chi connectivity index (χ0n) is 12.3. The van der Waals surface area contributed by atoms with Gasteiger partial charge in [-0.25, -0.2) is 0 Å². The van der Waals surface area contributed by atoms with Crippen LogP contribution < -0.4 is 4.74 Å². The molecule has 2 nitrogen and oxygen atoms in total. The molecule has 5 heteroatoms. The van der Waals surface area contributed by atoms with Crippen LogP contribution in [0.2, 0.25) is 0 Å². The Morgan fingerprint density at radius 3 is 2.32 bits per heavy atom. The molecule has 0 aliphatic rings. The van der Waals surface area contributed by atoms with Gasteiger partial charge in [-0.15, -0.1) is 0 Å². The van der Waals surface area contributed by atoms with E-state index in [1.807, 2.05) is 26.0 Å². The zero-order chi connectivity index (χ0) is 16.2.